The lowest BCUT2D eigenvalue weighted by Gasteiger charge is -2.40. The van der Waals surface area contributed by atoms with Gasteiger partial charge < -0.3 is 15.2 Å². The second-order valence-corrected chi connectivity index (χ2v) is 7.37. The van der Waals surface area contributed by atoms with E-state index in [1.54, 1.807) is 7.11 Å². The molecule has 0 saturated carbocycles. The number of aliphatic hydroxyl groups excluding tert-OH is 1. The number of carbonyl (C=O) groups is 1. The van der Waals surface area contributed by atoms with E-state index in [1.165, 1.54) is 5.56 Å². The minimum Gasteiger partial charge on any atom is -0.497 e. The van der Waals surface area contributed by atoms with Gasteiger partial charge in [0.15, 0.2) is 0 Å². The van der Waals surface area contributed by atoms with Gasteiger partial charge in [0.1, 0.15) is 5.75 Å². The molecule has 0 aromatic heterocycles. The summed E-state index contributed by atoms with van der Waals surface area (Å²) in [5, 5.41) is 12.9. The number of benzene rings is 2. The molecule has 1 fully saturated rings. The highest BCUT2D eigenvalue weighted by Gasteiger charge is 2.34. The van der Waals surface area contributed by atoms with E-state index in [-0.39, 0.29) is 17.9 Å². The predicted molar refractivity (Wildman–Crippen MR) is 107 cm³/mol. The number of likely N-dealkylation sites (tertiary alicyclic amines) is 1. The number of carbonyl (C=O) groups excluding carboxylic acids is 1. The van der Waals surface area contributed by atoms with Gasteiger partial charge in [0.25, 0.3) is 0 Å². The average Bonchev–Trinajstić information content (AvgIpc) is 2.71. The third-order valence-corrected chi connectivity index (χ3v) is 5.42. The smallest absolute Gasteiger partial charge is 0.238 e. The molecule has 0 spiro atoms. The average molecular weight is 368 g/mol. The van der Waals surface area contributed by atoms with Crippen LogP contribution in [0.5, 0.6) is 5.75 Å². The highest BCUT2D eigenvalue weighted by atomic mass is 16.5. The molecule has 0 atom stereocenters. The van der Waals surface area contributed by atoms with Crippen molar-refractivity contribution in [2.24, 2.45) is 5.41 Å². The van der Waals surface area contributed by atoms with Crippen LogP contribution in [-0.4, -0.2) is 49.3 Å². The van der Waals surface area contributed by atoms with Crippen LogP contribution >= 0.6 is 0 Å². The van der Waals surface area contributed by atoms with Gasteiger partial charge in [0, 0.05) is 12.3 Å². The van der Waals surface area contributed by atoms with Crippen molar-refractivity contribution in [2.45, 2.75) is 19.3 Å². The van der Waals surface area contributed by atoms with E-state index >= 15 is 0 Å². The van der Waals surface area contributed by atoms with Crippen molar-refractivity contribution in [3.63, 3.8) is 0 Å². The number of aliphatic hydroxyl groups is 1. The highest BCUT2D eigenvalue weighted by Crippen LogP contribution is 2.34. The molecular weight excluding hydrogens is 340 g/mol. The monoisotopic (exact) mass is 368 g/mol. The van der Waals surface area contributed by atoms with E-state index in [0.29, 0.717) is 6.54 Å². The van der Waals surface area contributed by atoms with Gasteiger partial charge >= 0.3 is 0 Å². The number of anilines is 1. The molecule has 0 radical (unpaired) electrons. The Labute approximate surface area is 161 Å². The van der Waals surface area contributed by atoms with Crippen LogP contribution in [-0.2, 0) is 11.2 Å². The number of rotatable bonds is 7. The quantitative estimate of drug-likeness (QED) is 0.789. The van der Waals surface area contributed by atoms with Crippen molar-refractivity contribution in [1.82, 2.24) is 4.90 Å². The summed E-state index contributed by atoms with van der Waals surface area (Å²) < 4.78 is 5.13. The van der Waals surface area contributed by atoms with E-state index in [2.05, 4.69) is 22.3 Å². The Bertz CT molecular complexity index is 723. The summed E-state index contributed by atoms with van der Waals surface area (Å²) in [6.07, 6.45) is 2.68. The van der Waals surface area contributed by atoms with E-state index in [4.69, 9.17) is 4.74 Å². The Morgan fingerprint density at radius 3 is 2.37 bits per heavy atom. The van der Waals surface area contributed by atoms with Crippen LogP contribution in [0.3, 0.4) is 0 Å². The second kappa shape index (κ2) is 9.02. The Hall–Kier alpha value is -2.37. The van der Waals surface area contributed by atoms with E-state index < -0.39 is 0 Å². The summed E-state index contributed by atoms with van der Waals surface area (Å²) in [5.41, 5.74) is 1.95. The number of hydrogen-bond acceptors (Lipinski definition) is 4. The molecule has 0 bridgehead atoms. The van der Waals surface area contributed by atoms with Crippen molar-refractivity contribution >= 4 is 11.6 Å². The number of amides is 1. The number of nitrogens with zero attached hydrogens (tertiary/aromatic N) is 1. The number of methoxy groups -OCH3 is 1. The topological polar surface area (TPSA) is 61.8 Å². The number of hydrogen-bond donors (Lipinski definition) is 2. The molecule has 0 unspecified atom stereocenters. The van der Waals surface area contributed by atoms with Crippen LogP contribution < -0.4 is 10.1 Å². The predicted octanol–water partition coefficient (Wildman–Crippen LogP) is 2.95. The van der Waals surface area contributed by atoms with Gasteiger partial charge in [-0.1, -0.05) is 30.3 Å². The molecule has 3 rings (SSSR count). The van der Waals surface area contributed by atoms with Crippen molar-refractivity contribution in [1.29, 1.82) is 0 Å². The Morgan fingerprint density at radius 2 is 1.78 bits per heavy atom. The van der Waals surface area contributed by atoms with Crippen LogP contribution in [0.1, 0.15) is 18.4 Å². The summed E-state index contributed by atoms with van der Waals surface area (Å²) in [4.78, 5) is 14.5. The van der Waals surface area contributed by atoms with Gasteiger partial charge in [-0.15, -0.1) is 0 Å². The second-order valence-electron chi connectivity index (χ2n) is 7.37. The minimum absolute atomic E-state index is 0.0141. The first-order valence-electron chi connectivity index (χ1n) is 9.43. The lowest BCUT2D eigenvalue weighted by atomic mass is 9.74. The molecular formula is C22H28N2O3. The summed E-state index contributed by atoms with van der Waals surface area (Å²) in [6, 6.07) is 17.7. The molecule has 0 aliphatic carbocycles. The molecule has 2 aromatic rings. The molecule has 1 saturated heterocycles. The Balaban J connectivity index is 1.49. The van der Waals surface area contributed by atoms with Crippen molar-refractivity contribution < 1.29 is 14.6 Å². The van der Waals surface area contributed by atoms with E-state index in [1.807, 2.05) is 42.5 Å². The maximum atomic E-state index is 12.3. The molecule has 2 aromatic carbocycles. The zero-order chi connectivity index (χ0) is 19.1. The van der Waals surface area contributed by atoms with Gasteiger partial charge in [0.2, 0.25) is 5.91 Å². The molecule has 5 heteroatoms. The van der Waals surface area contributed by atoms with Crippen LogP contribution in [0.15, 0.2) is 54.6 Å². The van der Waals surface area contributed by atoms with Crippen molar-refractivity contribution in [3.8, 4) is 5.75 Å². The lowest BCUT2D eigenvalue weighted by Crippen LogP contribution is -2.45. The molecule has 27 heavy (non-hydrogen) atoms. The molecule has 5 nitrogen and oxygen atoms in total. The molecule has 2 N–H and O–H groups in total. The van der Waals surface area contributed by atoms with Gasteiger partial charge in [-0.05, 0) is 67.6 Å². The standard InChI is InChI=1S/C22H28N2O3/c1-27-20-9-7-19(8-10-20)23-21(26)16-24-13-11-22(17-25,12-14-24)15-18-5-3-2-4-6-18/h2-10,25H,11-17H2,1H3,(H,23,26). The third kappa shape index (κ3) is 5.31. The Morgan fingerprint density at radius 1 is 1.11 bits per heavy atom. The molecule has 144 valence electrons. The molecule has 1 amide bonds. The fourth-order valence-corrected chi connectivity index (χ4v) is 3.68. The number of piperidine rings is 1. The third-order valence-electron chi connectivity index (χ3n) is 5.42. The van der Waals surface area contributed by atoms with Gasteiger partial charge in [-0.3, -0.25) is 9.69 Å². The number of nitrogens with one attached hydrogen (secondary N) is 1. The van der Waals surface area contributed by atoms with Gasteiger partial charge in [-0.25, -0.2) is 0 Å². The lowest BCUT2D eigenvalue weighted by molar-refractivity contribution is -0.118. The fourth-order valence-electron chi connectivity index (χ4n) is 3.68. The molecule has 1 heterocycles. The fraction of sp³-hybridized carbons (Fsp3) is 0.409. The highest BCUT2D eigenvalue weighted by molar-refractivity contribution is 5.92. The number of ether oxygens (including phenoxy) is 1. The molecule has 1 aliphatic heterocycles. The molecule has 1 aliphatic rings. The summed E-state index contributed by atoms with van der Waals surface area (Å²) in [5.74, 6) is 0.752. The van der Waals surface area contributed by atoms with Crippen molar-refractivity contribution in [3.05, 3.63) is 60.2 Å². The van der Waals surface area contributed by atoms with E-state index in [0.717, 1.165) is 43.8 Å². The Kier molecular flexibility index (Phi) is 6.48. The normalized spacial score (nSPS) is 16.7. The zero-order valence-electron chi connectivity index (χ0n) is 15.9. The summed E-state index contributed by atoms with van der Waals surface area (Å²) >= 11 is 0. The van der Waals surface area contributed by atoms with Crippen molar-refractivity contribution in [2.75, 3.05) is 38.7 Å². The largest absolute Gasteiger partial charge is 0.497 e. The van der Waals surface area contributed by atoms with Gasteiger partial charge in [-0.2, -0.15) is 0 Å². The zero-order valence-corrected chi connectivity index (χ0v) is 15.9. The van der Waals surface area contributed by atoms with Crippen LogP contribution in [0, 0.1) is 5.41 Å². The minimum atomic E-state index is -0.0791. The first-order chi connectivity index (χ1) is 13.1. The van der Waals surface area contributed by atoms with Gasteiger partial charge in [0.05, 0.1) is 13.7 Å². The van der Waals surface area contributed by atoms with Crippen LogP contribution in [0.2, 0.25) is 0 Å². The van der Waals surface area contributed by atoms with E-state index in [9.17, 15) is 9.90 Å². The first kappa shape index (κ1) is 19.4. The maximum Gasteiger partial charge on any atom is 0.238 e. The maximum absolute atomic E-state index is 12.3. The van der Waals surface area contributed by atoms with Crippen LogP contribution in [0.25, 0.3) is 0 Å². The first-order valence-corrected chi connectivity index (χ1v) is 9.43. The summed E-state index contributed by atoms with van der Waals surface area (Å²) in [7, 11) is 1.62. The SMILES string of the molecule is COc1ccc(NC(=O)CN2CCC(CO)(Cc3ccccc3)CC2)cc1. The summed E-state index contributed by atoms with van der Waals surface area (Å²) in [6.45, 7) is 2.21. The van der Waals surface area contributed by atoms with Crippen LogP contribution in [0.4, 0.5) is 5.69 Å².